The third-order valence-electron chi connectivity index (χ3n) is 2.65. The first kappa shape index (κ1) is 14.3. The highest BCUT2D eigenvalue weighted by Gasteiger charge is 2.08. The lowest BCUT2D eigenvalue weighted by molar-refractivity contribution is -0.116. The highest BCUT2D eigenvalue weighted by atomic mass is 79.9. The fraction of sp³-hybridized carbons (Fsp3) is 0.154. The quantitative estimate of drug-likeness (QED) is 0.832. The molecule has 0 bridgehead atoms. The van der Waals surface area contributed by atoms with Crippen molar-refractivity contribution < 1.29 is 4.79 Å². The molecule has 0 unspecified atom stereocenters. The van der Waals surface area contributed by atoms with Crippen LogP contribution in [0.25, 0.3) is 0 Å². The number of amides is 1. The van der Waals surface area contributed by atoms with E-state index in [-0.39, 0.29) is 18.0 Å². The minimum absolute atomic E-state index is 0.0978. The number of carbonyl (C=O) groups excluding carboxylic acids is 1. The van der Waals surface area contributed by atoms with Gasteiger partial charge >= 0.3 is 0 Å². The van der Waals surface area contributed by atoms with Crippen molar-refractivity contribution in [3.05, 3.63) is 51.1 Å². The highest BCUT2D eigenvalue weighted by Crippen LogP contribution is 2.16. The molecule has 2 aromatic heterocycles. The molecule has 0 saturated heterocycles. The predicted octanol–water partition coefficient (Wildman–Crippen LogP) is 1.54. The van der Waals surface area contributed by atoms with Gasteiger partial charge in [-0.1, -0.05) is 0 Å². The van der Waals surface area contributed by atoms with Gasteiger partial charge in [-0.2, -0.15) is 0 Å². The maximum Gasteiger partial charge on any atom is 0.251 e. The summed E-state index contributed by atoms with van der Waals surface area (Å²) in [6.07, 6.45) is 1.44. The SMILES string of the molecule is Cc1nc(Br)ccc1NC(=O)Cn1cc(N)ccc1=O. The van der Waals surface area contributed by atoms with Crippen LogP contribution in [-0.2, 0) is 11.3 Å². The molecule has 0 aliphatic carbocycles. The van der Waals surface area contributed by atoms with Gasteiger partial charge in [-0.05, 0) is 41.1 Å². The van der Waals surface area contributed by atoms with Crippen molar-refractivity contribution in [2.75, 3.05) is 11.1 Å². The standard InChI is InChI=1S/C13H13BrN4O2/c1-8-10(3-4-11(14)16-8)17-12(19)7-18-6-9(15)2-5-13(18)20/h2-6H,7,15H2,1H3,(H,17,19). The second kappa shape index (κ2) is 5.87. The van der Waals surface area contributed by atoms with Gasteiger partial charge in [0.2, 0.25) is 5.91 Å². The molecule has 104 valence electrons. The Bertz CT molecular complexity index is 712. The molecule has 3 N–H and O–H groups in total. The number of nitrogens with one attached hydrogen (secondary N) is 1. The zero-order valence-corrected chi connectivity index (χ0v) is 12.3. The molecule has 0 atom stereocenters. The number of nitrogen functional groups attached to an aromatic ring is 1. The summed E-state index contributed by atoms with van der Waals surface area (Å²) in [5.41, 5.74) is 7.04. The molecule has 0 radical (unpaired) electrons. The molecule has 0 fully saturated rings. The minimum Gasteiger partial charge on any atom is -0.398 e. The van der Waals surface area contributed by atoms with Crippen molar-refractivity contribution in [2.45, 2.75) is 13.5 Å². The Morgan fingerprint density at radius 2 is 2.15 bits per heavy atom. The Balaban J connectivity index is 2.13. The van der Waals surface area contributed by atoms with Crippen LogP contribution in [0.1, 0.15) is 5.69 Å². The summed E-state index contributed by atoms with van der Waals surface area (Å²) in [4.78, 5) is 27.7. The Kier molecular flexibility index (Phi) is 4.19. The summed E-state index contributed by atoms with van der Waals surface area (Å²) in [5.74, 6) is -0.315. The number of carbonyl (C=O) groups is 1. The number of nitrogens with two attached hydrogens (primary N) is 1. The van der Waals surface area contributed by atoms with E-state index in [0.717, 1.165) is 0 Å². The number of anilines is 2. The van der Waals surface area contributed by atoms with E-state index >= 15 is 0 Å². The normalized spacial score (nSPS) is 10.3. The molecule has 2 aromatic rings. The van der Waals surface area contributed by atoms with E-state index in [2.05, 4.69) is 26.2 Å². The van der Waals surface area contributed by atoms with Crippen LogP contribution in [0, 0.1) is 6.92 Å². The zero-order chi connectivity index (χ0) is 14.7. The van der Waals surface area contributed by atoms with Gasteiger partial charge in [0.1, 0.15) is 11.1 Å². The monoisotopic (exact) mass is 336 g/mol. The third kappa shape index (κ3) is 3.45. The van der Waals surface area contributed by atoms with E-state index in [1.807, 2.05) is 0 Å². The number of rotatable bonds is 3. The van der Waals surface area contributed by atoms with Crippen molar-refractivity contribution in [2.24, 2.45) is 0 Å². The topological polar surface area (TPSA) is 90.0 Å². The molecule has 2 heterocycles. The van der Waals surface area contributed by atoms with Gasteiger partial charge in [0.05, 0.1) is 11.4 Å². The fourth-order valence-corrected chi connectivity index (χ4v) is 2.08. The molecule has 2 rings (SSSR count). The molecule has 1 amide bonds. The molecular weight excluding hydrogens is 324 g/mol. The fourth-order valence-electron chi connectivity index (χ4n) is 1.68. The van der Waals surface area contributed by atoms with Crippen molar-refractivity contribution in [3.8, 4) is 0 Å². The lowest BCUT2D eigenvalue weighted by atomic mass is 10.3. The lowest BCUT2D eigenvalue weighted by Gasteiger charge is -2.09. The Labute approximate surface area is 123 Å². The van der Waals surface area contributed by atoms with E-state index in [1.54, 1.807) is 19.1 Å². The molecule has 7 heteroatoms. The Hall–Kier alpha value is -2.15. The molecule has 20 heavy (non-hydrogen) atoms. The molecule has 0 aliphatic heterocycles. The van der Waals surface area contributed by atoms with Crippen LogP contribution in [-0.4, -0.2) is 15.5 Å². The minimum atomic E-state index is -0.315. The van der Waals surface area contributed by atoms with Gasteiger partial charge in [-0.15, -0.1) is 0 Å². The highest BCUT2D eigenvalue weighted by molar-refractivity contribution is 9.10. The van der Waals surface area contributed by atoms with Crippen LogP contribution in [0.15, 0.2) is 39.9 Å². The first-order valence-electron chi connectivity index (χ1n) is 5.84. The molecule has 0 aliphatic rings. The van der Waals surface area contributed by atoms with Crippen LogP contribution in [0.4, 0.5) is 11.4 Å². The first-order chi connectivity index (χ1) is 9.45. The van der Waals surface area contributed by atoms with Crippen molar-refractivity contribution in [1.82, 2.24) is 9.55 Å². The Morgan fingerprint density at radius 3 is 2.85 bits per heavy atom. The van der Waals surface area contributed by atoms with Gasteiger partial charge in [0.15, 0.2) is 0 Å². The summed E-state index contributed by atoms with van der Waals surface area (Å²) < 4.78 is 1.95. The first-order valence-corrected chi connectivity index (χ1v) is 6.64. The number of halogens is 1. The Morgan fingerprint density at radius 1 is 1.40 bits per heavy atom. The number of aryl methyl sites for hydroxylation is 1. The number of pyridine rings is 2. The van der Waals surface area contributed by atoms with Crippen LogP contribution < -0.4 is 16.6 Å². The van der Waals surface area contributed by atoms with Crippen molar-refractivity contribution >= 4 is 33.2 Å². The molecule has 0 spiro atoms. The number of aromatic nitrogens is 2. The molecule has 0 saturated carbocycles. The maximum absolute atomic E-state index is 11.9. The van der Waals surface area contributed by atoms with Crippen LogP contribution in [0.5, 0.6) is 0 Å². The second-order valence-corrected chi connectivity index (χ2v) is 5.06. The van der Waals surface area contributed by atoms with Crippen LogP contribution in [0.3, 0.4) is 0 Å². The largest absolute Gasteiger partial charge is 0.398 e. The van der Waals surface area contributed by atoms with Gasteiger partial charge in [-0.25, -0.2) is 4.98 Å². The predicted molar refractivity (Wildman–Crippen MR) is 80.4 cm³/mol. The second-order valence-electron chi connectivity index (χ2n) is 4.24. The summed E-state index contributed by atoms with van der Waals surface area (Å²) >= 11 is 3.25. The molecule has 0 aromatic carbocycles. The van der Waals surface area contributed by atoms with E-state index in [1.165, 1.54) is 22.9 Å². The van der Waals surface area contributed by atoms with Crippen molar-refractivity contribution in [1.29, 1.82) is 0 Å². The van der Waals surface area contributed by atoms with Gasteiger partial charge in [-0.3, -0.25) is 9.59 Å². The third-order valence-corrected chi connectivity index (χ3v) is 3.09. The van der Waals surface area contributed by atoms with Crippen LogP contribution >= 0.6 is 15.9 Å². The summed E-state index contributed by atoms with van der Waals surface area (Å²) in [6, 6.07) is 6.30. The van der Waals surface area contributed by atoms with Gasteiger partial charge < -0.3 is 15.6 Å². The zero-order valence-electron chi connectivity index (χ0n) is 10.8. The number of hydrogen-bond donors (Lipinski definition) is 2. The van der Waals surface area contributed by atoms with E-state index in [4.69, 9.17) is 5.73 Å². The molecular formula is C13H13BrN4O2. The van der Waals surface area contributed by atoms with Crippen molar-refractivity contribution in [3.63, 3.8) is 0 Å². The summed E-state index contributed by atoms with van der Waals surface area (Å²) in [6.45, 7) is 1.69. The average Bonchev–Trinajstić information content (AvgIpc) is 2.37. The van der Waals surface area contributed by atoms with Gasteiger partial charge in [0, 0.05) is 18.0 Å². The number of nitrogens with zero attached hydrogens (tertiary/aromatic N) is 2. The van der Waals surface area contributed by atoms with E-state index in [0.29, 0.717) is 21.7 Å². The summed E-state index contributed by atoms with van der Waals surface area (Å²) in [5, 5.41) is 2.71. The van der Waals surface area contributed by atoms with E-state index < -0.39 is 0 Å². The summed E-state index contributed by atoms with van der Waals surface area (Å²) in [7, 11) is 0. The lowest BCUT2D eigenvalue weighted by Crippen LogP contribution is -2.27. The smallest absolute Gasteiger partial charge is 0.251 e. The van der Waals surface area contributed by atoms with Crippen LogP contribution in [0.2, 0.25) is 0 Å². The maximum atomic E-state index is 11.9. The number of hydrogen-bond acceptors (Lipinski definition) is 4. The van der Waals surface area contributed by atoms with E-state index in [9.17, 15) is 9.59 Å². The average molecular weight is 337 g/mol. The van der Waals surface area contributed by atoms with Gasteiger partial charge in [0.25, 0.3) is 5.56 Å². The molecule has 6 nitrogen and oxygen atoms in total.